The van der Waals surface area contributed by atoms with Crippen LogP contribution in [0.15, 0.2) is 41.3 Å². The number of hydrogen-bond acceptors (Lipinski definition) is 5. The van der Waals surface area contributed by atoms with E-state index < -0.39 is 5.97 Å². The normalized spacial score (nSPS) is 16.0. The van der Waals surface area contributed by atoms with Gasteiger partial charge in [0.2, 0.25) is 0 Å². The number of hydrogen-bond donors (Lipinski definition) is 1. The van der Waals surface area contributed by atoms with E-state index in [1.54, 1.807) is 30.3 Å². The molecule has 2 aromatic rings. The van der Waals surface area contributed by atoms with Gasteiger partial charge in [-0.3, -0.25) is 14.5 Å². The first-order chi connectivity index (χ1) is 12.0. The van der Waals surface area contributed by atoms with Crippen molar-refractivity contribution in [3.05, 3.63) is 52.0 Å². The number of benzene rings is 1. The molecule has 0 radical (unpaired) electrons. The molecule has 1 aliphatic rings. The van der Waals surface area contributed by atoms with E-state index in [1.807, 2.05) is 6.07 Å². The van der Waals surface area contributed by atoms with Crippen molar-refractivity contribution in [2.45, 2.75) is 6.42 Å². The van der Waals surface area contributed by atoms with Crippen LogP contribution in [0.25, 0.3) is 16.5 Å². The highest BCUT2D eigenvalue weighted by molar-refractivity contribution is 8.26. The lowest BCUT2D eigenvalue weighted by Gasteiger charge is -2.12. The molecule has 3 rings (SSSR count). The minimum Gasteiger partial charge on any atom is -0.481 e. The molecule has 1 saturated heterocycles. The maximum atomic E-state index is 13.9. The highest BCUT2D eigenvalue weighted by atomic mass is 32.2. The Morgan fingerprint density at radius 2 is 2.04 bits per heavy atom. The largest absolute Gasteiger partial charge is 0.481 e. The Kier molecular flexibility index (Phi) is 5.31. The van der Waals surface area contributed by atoms with Crippen molar-refractivity contribution >= 4 is 57.6 Å². The third-order valence-electron chi connectivity index (χ3n) is 3.46. The summed E-state index contributed by atoms with van der Waals surface area (Å²) < 4.78 is 14.2. The number of rotatable bonds is 5. The molecule has 4 nitrogen and oxygen atoms in total. The molecule has 1 amide bonds. The summed E-state index contributed by atoms with van der Waals surface area (Å²) in [6, 6.07) is 10.1. The Labute approximate surface area is 157 Å². The van der Waals surface area contributed by atoms with Crippen molar-refractivity contribution < 1.29 is 19.1 Å². The van der Waals surface area contributed by atoms with Crippen LogP contribution in [0, 0.1) is 5.82 Å². The SMILES string of the molecule is O=C(O)CCN1C(=O)/C(=C/c2ccc(-c3ccccc3F)s2)SC1=S. The summed E-state index contributed by atoms with van der Waals surface area (Å²) in [5.74, 6) is -1.57. The monoisotopic (exact) mass is 393 g/mol. The predicted molar refractivity (Wildman–Crippen MR) is 102 cm³/mol. The molecule has 128 valence electrons. The van der Waals surface area contributed by atoms with Gasteiger partial charge in [-0.25, -0.2) is 4.39 Å². The van der Waals surface area contributed by atoms with Gasteiger partial charge in [0, 0.05) is 21.9 Å². The number of carbonyl (C=O) groups is 2. The molecule has 25 heavy (non-hydrogen) atoms. The van der Waals surface area contributed by atoms with Crippen molar-refractivity contribution in [3.63, 3.8) is 0 Å². The molecular formula is C17H12FNO3S3. The van der Waals surface area contributed by atoms with Gasteiger partial charge in [0.15, 0.2) is 0 Å². The fourth-order valence-electron chi connectivity index (χ4n) is 2.27. The van der Waals surface area contributed by atoms with Crippen molar-refractivity contribution in [1.29, 1.82) is 0 Å². The molecule has 8 heteroatoms. The minimum absolute atomic E-state index is 0.0578. The van der Waals surface area contributed by atoms with Gasteiger partial charge in [0.25, 0.3) is 5.91 Å². The number of aliphatic carboxylic acids is 1. The number of thiocarbonyl (C=S) groups is 1. The molecule has 0 spiro atoms. The maximum absolute atomic E-state index is 13.9. The van der Waals surface area contributed by atoms with E-state index in [1.165, 1.54) is 22.3 Å². The fourth-order valence-corrected chi connectivity index (χ4v) is 4.62. The van der Waals surface area contributed by atoms with Gasteiger partial charge in [-0.15, -0.1) is 11.3 Å². The van der Waals surface area contributed by atoms with Crippen LogP contribution in [0.5, 0.6) is 0 Å². The van der Waals surface area contributed by atoms with Crippen LogP contribution in [0.2, 0.25) is 0 Å². The number of carboxylic acids is 1. The zero-order chi connectivity index (χ0) is 18.0. The first-order valence-electron chi connectivity index (χ1n) is 7.27. The van der Waals surface area contributed by atoms with Gasteiger partial charge in [-0.2, -0.15) is 0 Å². The van der Waals surface area contributed by atoms with Crippen LogP contribution in [-0.2, 0) is 9.59 Å². The lowest BCUT2D eigenvalue weighted by Crippen LogP contribution is -2.30. The zero-order valence-electron chi connectivity index (χ0n) is 12.8. The van der Waals surface area contributed by atoms with Crippen LogP contribution < -0.4 is 0 Å². The summed E-state index contributed by atoms with van der Waals surface area (Å²) in [6.07, 6.45) is 1.55. The van der Waals surface area contributed by atoms with Crippen molar-refractivity contribution in [2.24, 2.45) is 0 Å². The van der Waals surface area contributed by atoms with Crippen LogP contribution in [0.1, 0.15) is 11.3 Å². The number of thioether (sulfide) groups is 1. The molecule has 0 aliphatic carbocycles. The Bertz CT molecular complexity index is 891. The first-order valence-corrected chi connectivity index (χ1v) is 9.32. The van der Waals surface area contributed by atoms with E-state index in [2.05, 4.69) is 0 Å². The van der Waals surface area contributed by atoms with E-state index in [-0.39, 0.29) is 24.7 Å². The quantitative estimate of drug-likeness (QED) is 0.609. The predicted octanol–water partition coefficient (Wildman–Crippen LogP) is 4.23. The Morgan fingerprint density at radius 3 is 2.76 bits per heavy atom. The van der Waals surface area contributed by atoms with Crippen LogP contribution >= 0.6 is 35.3 Å². The molecule has 1 aromatic carbocycles. The standard InChI is InChI=1S/C17H12FNO3S3/c18-12-4-2-1-3-11(12)13-6-5-10(24-13)9-14-16(22)19(17(23)25-14)8-7-15(20)21/h1-6,9H,7-8H2,(H,20,21)/b14-9-. The van der Waals surface area contributed by atoms with E-state index in [4.69, 9.17) is 17.3 Å². The lowest BCUT2D eigenvalue weighted by atomic mass is 10.2. The number of halogens is 1. The summed E-state index contributed by atoms with van der Waals surface area (Å²) in [7, 11) is 0. The Morgan fingerprint density at radius 1 is 1.28 bits per heavy atom. The van der Waals surface area contributed by atoms with Crippen molar-refractivity contribution in [2.75, 3.05) is 6.54 Å². The van der Waals surface area contributed by atoms with Gasteiger partial charge in [0.05, 0.1) is 11.3 Å². The third kappa shape index (κ3) is 3.97. The van der Waals surface area contributed by atoms with E-state index in [0.717, 1.165) is 21.5 Å². The van der Waals surface area contributed by atoms with E-state index >= 15 is 0 Å². The summed E-state index contributed by atoms with van der Waals surface area (Å²) in [6.45, 7) is 0.0578. The third-order valence-corrected chi connectivity index (χ3v) is 5.91. The highest BCUT2D eigenvalue weighted by Gasteiger charge is 2.32. The molecule has 0 atom stereocenters. The minimum atomic E-state index is -0.981. The fraction of sp³-hybridized carbons (Fsp3) is 0.118. The molecule has 0 unspecified atom stereocenters. The second kappa shape index (κ2) is 7.47. The molecule has 1 fully saturated rings. The van der Waals surface area contributed by atoms with Gasteiger partial charge in [-0.05, 0) is 24.3 Å². The summed E-state index contributed by atoms with van der Waals surface area (Å²) in [5.41, 5.74) is 0.515. The molecular weight excluding hydrogens is 381 g/mol. The van der Waals surface area contributed by atoms with Crippen molar-refractivity contribution in [3.8, 4) is 10.4 Å². The number of amides is 1. The number of carboxylic acid groups (broad SMARTS) is 1. The van der Waals surface area contributed by atoms with E-state index in [0.29, 0.717) is 14.8 Å². The second-order valence-electron chi connectivity index (χ2n) is 5.16. The van der Waals surface area contributed by atoms with Crippen molar-refractivity contribution in [1.82, 2.24) is 4.90 Å². The summed E-state index contributed by atoms with van der Waals surface area (Å²) in [4.78, 5) is 26.4. The number of nitrogens with zero attached hydrogens (tertiary/aromatic N) is 1. The average Bonchev–Trinajstić information content (AvgIpc) is 3.12. The Hall–Kier alpha value is -2.03. The van der Waals surface area contributed by atoms with Crippen LogP contribution in [0.4, 0.5) is 4.39 Å². The summed E-state index contributed by atoms with van der Waals surface area (Å²) >= 11 is 7.67. The summed E-state index contributed by atoms with van der Waals surface area (Å²) in [5, 5.41) is 8.75. The topological polar surface area (TPSA) is 57.6 Å². The molecule has 1 N–H and O–H groups in total. The second-order valence-corrected chi connectivity index (χ2v) is 7.95. The number of thiophene rings is 1. The van der Waals surface area contributed by atoms with Gasteiger partial charge < -0.3 is 5.11 Å². The van der Waals surface area contributed by atoms with Crippen LogP contribution in [0.3, 0.4) is 0 Å². The Balaban J connectivity index is 1.80. The zero-order valence-corrected chi connectivity index (χ0v) is 15.2. The van der Waals surface area contributed by atoms with E-state index in [9.17, 15) is 14.0 Å². The van der Waals surface area contributed by atoms with Gasteiger partial charge in [-0.1, -0.05) is 42.2 Å². The lowest BCUT2D eigenvalue weighted by molar-refractivity contribution is -0.137. The molecule has 1 aromatic heterocycles. The molecule has 1 aliphatic heterocycles. The van der Waals surface area contributed by atoms with Gasteiger partial charge >= 0.3 is 5.97 Å². The average molecular weight is 393 g/mol. The smallest absolute Gasteiger partial charge is 0.305 e. The first kappa shape index (κ1) is 17.8. The molecule has 0 bridgehead atoms. The highest BCUT2D eigenvalue weighted by Crippen LogP contribution is 2.36. The molecule has 0 saturated carbocycles. The number of carbonyl (C=O) groups excluding carboxylic acids is 1. The maximum Gasteiger partial charge on any atom is 0.305 e. The van der Waals surface area contributed by atoms with Gasteiger partial charge in [0.1, 0.15) is 10.1 Å². The molecule has 2 heterocycles. The van der Waals surface area contributed by atoms with Crippen LogP contribution in [-0.4, -0.2) is 32.7 Å².